The van der Waals surface area contributed by atoms with E-state index < -0.39 is 32.7 Å². The second-order valence-corrected chi connectivity index (χ2v) is 6.94. The highest BCUT2D eigenvalue weighted by atomic mass is 32.2. The molecule has 1 aromatic carbocycles. The maximum Gasteiger partial charge on any atom is 0.246 e. The third kappa shape index (κ3) is 2.84. The number of aliphatic hydroxyl groups excluding tert-OH is 1. The zero-order valence-electron chi connectivity index (χ0n) is 11.1. The number of nitrogens with zero attached hydrogens (tertiary/aromatic N) is 1. The highest BCUT2D eigenvalue weighted by Crippen LogP contribution is 2.27. The molecular formula is C13H17F2NO3S. The predicted molar refractivity (Wildman–Crippen MR) is 69.5 cm³/mol. The van der Waals surface area contributed by atoms with Gasteiger partial charge in [-0.2, -0.15) is 4.31 Å². The Morgan fingerprint density at radius 3 is 2.45 bits per heavy atom. The maximum absolute atomic E-state index is 13.6. The van der Waals surface area contributed by atoms with E-state index in [1.54, 1.807) is 6.92 Å². The van der Waals surface area contributed by atoms with Crippen LogP contribution in [0, 0.1) is 17.6 Å². The fourth-order valence-corrected chi connectivity index (χ4v) is 3.97. The Labute approximate surface area is 117 Å². The summed E-state index contributed by atoms with van der Waals surface area (Å²) in [7, 11) is -4.03. The fourth-order valence-electron chi connectivity index (χ4n) is 2.42. The summed E-state index contributed by atoms with van der Waals surface area (Å²) in [6, 6.07) is 3.12. The summed E-state index contributed by atoms with van der Waals surface area (Å²) < 4.78 is 52.5. The number of piperidine rings is 1. The van der Waals surface area contributed by atoms with Crippen LogP contribution in [0.4, 0.5) is 8.78 Å². The molecule has 0 spiro atoms. The van der Waals surface area contributed by atoms with Crippen LogP contribution in [0.25, 0.3) is 0 Å². The average molecular weight is 305 g/mol. The Morgan fingerprint density at radius 1 is 1.30 bits per heavy atom. The third-order valence-electron chi connectivity index (χ3n) is 3.71. The van der Waals surface area contributed by atoms with Crippen LogP contribution in [0.15, 0.2) is 23.1 Å². The molecule has 1 N–H and O–H groups in total. The van der Waals surface area contributed by atoms with Gasteiger partial charge >= 0.3 is 0 Å². The van der Waals surface area contributed by atoms with E-state index in [0.717, 1.165) is 16.4 Å². The highest BCUT2D eigenvalue weighted by molar-refractivity contribution is 7.89. The Kier molecular flexibility index (Phi) is 4.41. The first kappa shape index (κ1) is 15.3. The van der Waals surface area contributed by atoms with Gasteiger partial charge in [0.25, 0.3) is 0 Å². The summed E-state index contributed by atoms with van der Waals surface area (Å²) in [5.74, 6) is -2.48. The van der Waals surface area contributed by atoms with Crippen molar-refractivity contribution in [1.82, 2.24) is 4.31 Å². The van der Waals surface area contributed by atoms with Gasteiger partial charge in [-0.15, -0.1) is 0 Å². The van der Waals surface area contributed by atoms with Gasteiger partial charge in [-0.25, -0.2) is 17.2 Å². The Bertz CT molecular complexity index is 581. The Hall–Kier alpha value is -1.05. The second kappa shape index (κ2) is 5.75. The van der Waals surface area contributed by atoms with Gasteiger partial charge in [-0.3, -0.25) is 0 Å². The summed E-state index contributed by atoms with van der Waals surface area (Å²) in [4.78, 5) is -0.631. The van der Waals surface area contributed by atoms with Gasteiger partial charge in [0.15, 0.2) is 11.6 Å². The van der Waals surface area contributed by atoms with Crippen molar-refractivity contribution >= 4 is 10.0 Å². The van der Waals surface area contributed by atoms with Crippen molar-refractivity contribution in [2.24, 2.45) is 5.92 Å². The quantitative estimate of drug-likeness (QED) is 0.925. The van der Waals surface area contributed by atoms with Crippen molar-refractivity contribution in [2.75, 3.05) is 13.1 Å². The van der Waals surface area contributed by atoms with E-state index in [1.807, 2.05) is 0 Å². The van der Waals surface area contributed by atoms with Crippen LogP contribution in [-0.2, 0) is 10.0 Å². The molecule has 2 rings (SSSR count). The van der Waals surface area contributed by atoms with Gasteiger partial charge in [0, 0.05) is 13.1 Å². The van der Waals surface area contributed by atoms with E-state index in [0.29, 0.717) is 12.8 Å². The molecule has 1 aliphatic rings. The summed E-state index contributed by atoms with van der Waals surface area (Å²) in [6.45, 7) is 2.07. The van der Waals surface area contributed by atoms with Crippen LogP contribution in [0.3, 0.4) is 0 Å². The molecule has 1 unspecified atom stereocenters. The fraction of sp³-hybridized carbons (Fsp3) is 0.538. The zero-order chi connectivity index (χ0) is 14.9. The number of hydrogen-bond donors (Lipinski definition) is 1. The molecule has 0 amide bonds. The molecule has 20 heavy (non-hydrogen) atoms. The minimum atomic E-state index is -4.03. The largest absolute Gasteiger partial charge is 0.393 e. The first-order chi connectivity index (χ1) is 9.34. The maximum atomic E-state index is 13.6. The normalized spacial score (nSPS) is 20.0. The van der Waals surface area contributed by atoms with Crippen molar-refractivity contribution in [1.29, 1.82) is 0 Å². The lowest BCUT2D eigenvalue weighted by Crippen LogP contribution is -2.41. The summed E-state index contributed by atoms with van der Waals surface area (Å²) in [6.07, 6.45) is 0.521. The molecule has 7 heteroatoms. The monoisotopic (exact) mass is 305 g/mol. The van der Waals surface area contributed by atoms with Crippen molar-refractivity contribution in [2.45, 2.75) is 30.8 Å². The SMILES string of the molecule is CC(O)C1CCN(S(=O)(=O)c2cccc(F)c2F)CC1. The molecule has 112 valence electrons. The van der Waals surface area contributed by atoms with Gasteiger partial charge in [0.05, 0.1) is 6.10 Å². The van der Waals surface area contributed by atoms with Crippen molar-refractivity contribution < 1.29 is 22.3 Å². The summed E-state index contributed by atoms with van der Waals surface area (Å²) in [5, 5.41) is 9.49. The minimum absolute atomic E-state index is 0.0406. The van der Waals surface area contributed by atoms with E-state index in [9.17, 15) is 22.3 Å². The zero-order valence-corrected chi connectivity index (χ0v) is 11.9. The number of halogens is 2. The molecule has 1 heterocycles. The molecule has 0 radical (unpaired) electrons. The number of sulfonamides is 1. The lowest BCUT2D eigenvalue weighted by molar-refractivity contribution is 0.0911. The van der Waals surface area contributed by atoms with Gasteiger partial charge in [-0.05, 0) is 37.8 Å². The molecule has 1 fully saturated rings. The minimum Gasteiger partial charge on any atom is -0.393 e. The van der Waals surface area contributed by atoms with E-state index in [1.165, 1.54) is 6.07 Å². The van der Waals surface area contributed by atoms with E-state index in [4.69, 9.17) is 0 Å². The topological polar surface area (TPSA) is 57.6 Å². The molecule has 0 aromatic heterocycles. The average Bonchev–Trinajstić information content (AvgIpc) is 2.41. The number of hydrogen-bond acceptors (Lipinski definition) is 3. The van der Waals surface area contributed by atoms with Crippen LogP contribution in [0.1, 0.15) is 19.8 Å². The Morgan fingerprint density at radius 2 is 1.90 bits per heavy atom. The van der Waals surface area contributed by atoms with Crippen LogP contribution in [0.5, 0.6) is 0 Å². The lowest BCUT2D eigenvalue weighted by Gasteiger charge is -2.32. The first-order valence-electron chi connectivity index (χ1n) is 6.46. The molecule has 1 aliphatic heterocycles. The van der Waals surface area contributed by atoms with Crippen LogP contribution < -0.4 is 0 Å². The van der Waals surface area contributed by atoms with Crippen LogP contribution in [0.2, 0.25) is 0 Å². The van der Waals surface area contributed by atoms with Gasteiger partial charge in [0.2, 0.25) is 10.0 Å². The highest BCUT2D eigenvalue weighted by Gasteiger charge is 2.33. The van der Waals surface area contributed by atoms with Crippen molar-refractivity contribution in [3.8, 4) is 0 Å². The van der Waals surface area contributed by atoms with Crippen molar-refractivity contribution in [3.05, 3.63) is 29.8 Å². The molecule has 0 saturated carbocycles. The third-order valence-corrected chi connectivity index (χ3v) is 5.63. The molecule has 4 nitrogen and oxygen atoms in total. The molecule has 1 saturated heterocycles. The summed E-state index contributed by atoms with van der Waals surface area (Å²) >= 11 is 0. The van der Waals surface area contributed by atoms with E-state index in [-0.39, 0.29) is 19.0 Å². The molecule has 1 atom stereocenters. The predicted octanol–water partition coefficient (Wildman–Crippen LogP) is 1.75. The summed E-state index contributed by atoms with van der Waals surface area (Å²) in [5.41, 5.74) is 0. The molecule has 0 aliphatic carbocycles. The van der Waals surface area contributed by atoms with Gasteiger partial charge in [-0.1, -0.05) is 6.07 Å². The second-order valence-electron chi connectivity index (χ2n) is 5.03. The smallest absolute Gasteiger partial charge is 0.246 e. The van der Waals surface area contributed by atoms with E-state index in [2.05, 4.69) is 0 Å². The number of aliphatic hydroxyl groups is 1. The first-order valence-corrected chi connectivity index (χ1v) is 7.90. The Balaban J connectivity index is 2.22. The number of benzene rings is 1. The van der Waals surface area contributed by atoms with Gasteiger partial charge in [0.1, 0.15) is 4.90 Å². The van der Waals surface area contributed by atoms with Crippen LogP contribution >= 0.6 is 0 Å². The standard InChI is InChI=1S/C13H17F2NO3S/c1-9(17)10-5-7-16(8-6-10)20(18,19)12-4-2-3-11(14)13(12)15/h2-4,9-10,17H,5-8H2,1H3. The van der Waals surface area contributed by atoms with Crippen LogP contribution in [-0.4, -0.2) is 37.0 Å². The van der Waals surface area contributed by atoms with Gasteiger partial charge < -0.3 is 5.11 Å². The molecule has 1 aromatic rings. The number of rotatable bonds is 3. The lowest BCUT2D eigenvalue weighted by atomic mass is 9.93. The molecule has 0 bridgehead atoms. The van der Waals surface area contributed by atoms with Crippen molar-refractivity contribution in [3.63, 3.8) is 0 Å². The van der Waals surface area contributed by atoms with E-state index >= 15 is 0 Å². The molecular weight excluding hydrogens is 288 g/mol.